The van der Waals surface area contributed by atoms with Gasteiger partial charge in [0.05, 0.1) is 64.1 Å². The van der Waals surface area contributed by atoms with Crippen LogP contribution in [0.15, 0.2) is 54.6 Å². The Morgan fingerprint density at radius 2 is 1.28 bits per heavy atom. The van der Waals surface area contributed by atoms with Crippen LogP contribution < -0.4 is 15.1 Å². The lowest BCUT2D eigenvalue weighted by atomic mass is 10.0. The molecule has 2 aromatic heterocycles. The molecule has 0 spiro atoms. The zero-order valence-corrected chi connectivity index (χ0v) is 40.8. The number of piperidine rings is 1. The number of hydrogen-bond donors (Lipinski definition) is 4. The van der Waals surface area contributed by atoms with Crippen molar-refractivity contribution >= 4 is 69.0 Å². The first-order valence-electron chi connectivity index (χ1n) is 24.5. The summed E-state index contributed by atoms with van der Waals surface area (Å²) < 4.78 is 4.84. The third-order valence-electron chi connectivity index (χ3n) is 14.8. The van der Waals surface area contributed by atoms with E-state index in [0.717, 1.165) is 125 Å². The molecule has 4 aliphatic rings. The zero-order chi connectivity index (χ0) is 48.0. The number of imidazole rings is 2. The van der Waals surface area contributed by atoms with Gasteiger partial charge in [0.1, 0.15) is 23.7 Å². The summed E-state index contributed by atoms with van der Waals surface area (Å²) in [6.07, 6.45) is 6.66. The van der Waals surface area contributed by atoms with Gasteiger partial charge in [0, 0.05) is 38.9 Å². The quantitative estimate of drug-likeness (QED) is 0.0940. The summed E-state index contributed by atoms with van der Waals surface area (Å²) >= 11 is 7.21. The van der Waals surface area contributed by atoms with Crippen molar-refractivity contribution in [2.75, 3.05) is 50.1 Å². The van der Waals surface area contributed by atoms with Crippen LogP contribution in [-0.4, -0.2) is 116 Å². The molecule has 0 aliphatic carbocycles. The Bertz CT molecular complexity index is 2680. The van der Waals surface area contributed by atoms with Crippen molar-refractivity contribution < 1.29 is 29.0 Å². The predicted octanol–water partition coefficient (Wildman–Crippen LogP) is 9.51. The summed E-state index contributed by atoms with van der Waals surface area (Å²) in [6.45, 7) is 10.7. The summed E-state index contributed by atoms with van der Waals surface area (Å²) in [7, 11) is 2.76. The van der Waals surface area contributed by atoms with E-state index in [9.17, 15) is 24.3 Å². The number of aromatic nitrogens is 4. The number of anilines is 2. The van der Waals surface area contributed by atoms with Crippen LogP contribution in [0.5, 0.6) is 0 Å². The fraction of sp³-hybridized carbons (Fsp3) is 0.529. The molecule has 68 heavy (non-hydrogen) atoms. The van der Waals surface area contributed by atoms with Crippen LogP contribution in [0.4, 0.5) is 21.0 Å². The smallest absolute Gasteiger partial charge is 0.407 e. The lowest BCUT2D eigenvalue weighted by molar-refractivity contribution is -0.138. The molecule has 16 nitrogen and oxygen atoms in total. The third kappa shape index (κ3) is 9.03. The number of H-pyrrole nitrogens is 2. The van der Waals surface area contributed by atoms with Crippen molar-refractivity contribution in [3.05, 3.63) is 82.4 Å². The molecule has 0 bridgehead atoms. The number of methoxy groups -OCH3 is 1. The molecule has 4 fully saturated rings. The van der Waals surface area contributed by atoms with Crippen LogP contribution in [0.3, 0.4) is 0 Å². The number of carbonyl (C=O) groups excluding carboxylic acids is 3. The molecule has 17 heteroatoms. The van der Waals surface area contributed by atoms with Gasteiger partial charge in [-0.15, -0.1) is 0 Å². The molecule has 5 aromatic rings. The van der Waals surface area contributed by atoms with Gasteiger partial charge in [-0.05, 0) is 123 Å². The first kappa shape index (κ1) is 47.1. The minimum absolute atomic E-state index is 0.00210. The SMILES string of the molecule is COC(=O)N[C@H](C(=O)N1CCC[C@H]1c1nc2ccc([C@H]3CC[C@H](c4ccc5nc([C@@H]6CCCN6C(=O)[C@H](C(C)C)N(C)C(=O)O)[nH]c5c4)N3c3ccc(N4CCCCC4)c(Cl)c3)cc2[nH]1)C(C)C. The minimum Gasteiger partial charge on any atom is -0.465 e. The molecule has 4 amide bonds. The number of ether oxygens (including phenoxy) is 1. The van der Waals surface area contributed by atoms with Crippen molar-refractivity contribution in [2.45, 2.75) is 122 Å². The van der Waals surface area contributed by atoms with Gasteiger partial charge in [0.15, 0.2) is 0 Å². The van der Waals surface area contributed by atoms with E-state index in [1.54, 1.807) is 4.90 Å². The van der Waals surface area contributed by atoms with Crippen molar-refractivity contribution in [2.24, 2.45) is 11.8 Å². The highest BCUT2D eigenvalue weighted by Gasteiger charge is 2.41. The number of hydrogen-bond acceptors (Lipinski definition) is 9. The lowest BCUT2D eigenvalue weighted by Gasteiger charge is -2.35. The number of nitrogens with zero attached hydrogens (tertiary/aromatic N) is 7. The predicted molar refractivity (Wildman–Crippen MR) is 263 cm³/mol. The summed E-state index contributed by atoms with van der Waals surface area (Å²) in [6, 6.07) is 17.3. The van der Waals surface area contributed by atoms with Gasteiger partial charge in [-0.2, -0.15) is 0 Å². The third-order valence-corrected chi connectivity index (χ3v) is 15.1. The highest BCUT2D eigenvalue weighted by atomic mass is 35.5. The van der Waals surface area contributed by atoms with Crippen LogP contribution >= 0.6 is 11.6 Å². The van der Waals surface area contributed by atoms with E-state index in [0.29, 0.717) is 18.9 Å². The average Bonchev–Trinajstić information content (AvgIpc) is 4.19. The molecule has 3 aromatic carbocycles. The van der Waals surface area contributed by atoms with Gasteiger partial charge in [-0.3, -0.25) is 14.5 Å². The van der Waals surface area contributed by atoms with Gasteiger partial charge < -0.3 is 44.7 Å². The molecule has 0 radical (unpaired) electrons. The van der Waals surface area contributed by atoms with Crippen LogP contribution in [0.1, 0.15) is 132 Å². The maximum atomic E-state index is 14.0. The Kier molecular flexibility index (Phi) is 13.5. The second-order valence-corrected chi connectivity index (χ2v) is 20.2. The van der Waals surface area contributed by atoms with E-state index in [4.69, 9.17) is 26.3 Å². The molecular weight excluding hydrogens is 884 g/mol. The highest BCUT2D eigenvalue weighted by Crippen LogP contribution is 2.49. The highest BCUT2D eigenvalue weighted by molar-refractivity contribution is 6.33. The van der Waals surface area contributed by atoms with Gasteiger partial charge in [-0.25, -0.2) is 19.6 Å². The summed E-state index contributed by atoms with van der Waals surface area (Å²) in [5.41, 5.74) is 7.77. The van der Waals surface area contributed by atoms with E-state index >= 15 is 0 Å². The number of likely N-dealkylation sites (tertiary alicyclic amines) is 2. The van der Waals surface area contributed by atoms with E-state index in [1.165, 1.54) is 20.6 Å². The molecule has 0 unspecified atom stereocenters. The number of alkyl carbamates (subject to hydrolysis) is 1. The van der Waals surface area contributed by atoms with Crippen LogP contribution in [0, 0.1) is 11.8 Å². The van der Waals surface area contributed by atoms with Gasteiger partial charge in [0.2, 0.25) is 11.8 Å². The van der Waals surface area contributed by atoms with Crippen molar-refractivity contribution in [3.63, 3.8) is 0 Å². The number of fused-ring (bicyclic) bond motifs is 2. The van der Waals surface area contributed by atoms with Crippen molar-refractivity contribution in [3.8, 4) is 0 Å². The number of halogens is 1. The fourth-order valence-electron chi connectivity index (χ4n) is 11.4. The Labute approximate surface area is 402 Å². The molecule has 4 aliphatic heterocycles. The van der Waals surface area contributed by atoms with Gasteiger partial charge in [-0.1, -0.05) is 51.4 Å². The van der Waals surface area contributed by atoms with Crippen molar-refractivity contribution in [1.82, 2.24) is 40.0 Å². The minimum atomic E-state index is -1.13. The van der Waals surface area contributed by atoms with Crippen molar-refractivity contribution in [1.29, 1.82) is 0 Å². The van der Waals surface area contributed by atoms with Crippen LogP contribution in [-0.2, 0) is 14.3 Å². The van der Waals surface area contributed by atoms with Gasteiger partial charge >= 0.3 is 12.2 Å². The first-order valence-corrected chi connectivity index (χ1v) is 24.8. The number of benzene rings is 3. The Morgan fingerprint density at radius 3 is 1.78 bits per heavy atom. The summed E-state index contributed by atoms with van der Waals surface area (Å²) in [4.78, 5) is 79.0. The largest absolute Gasteiger partial charge is 0.465 e. The Hall–Kier alpha value is -6.03. The maximum Gasteiger partial charge on any atom is 0.407 e. The number of aromatic amines is 2. The molecule has 0 saturated carbocycles. The molecule has 4 saturated heterocycles. The monoisotopic (exact) mass is 948 g/mol. The molecule has 6 atom stereocenters. The average molecular weight is 950 g/mol. The number of carbonyl (C=O) groups is 4. The standard InChI is InChI=1S/C51H65ClN10O6/c1-29(2)44(57-50(65)68-6)48(63)60-24-10-12-42(60)46-53-35-17-14-31(26-37(35)55-46)39-20-21-40(62(39)33-16-19-41(34(52)28-33)59-22-8-7-9-23-59)32-15-18-36-38(27-32)56-47(54-36)43-13-11-25-61(43)49(64)45(30(3)4)58(5)51(66)67/h14-19,26-30,39-40,42-45H,7-13,20-25H2,1-6H3,(H,53,55)(H,54,56)(H,57,65)(H,66,67)/t39-,40-,42+,43+,44+,45+/m1/s1. The molecule has 362 valence electrons. The van der Waals surface area contributed by atoms with Crippen LogP contribution in [0.2, 0.25) is 5.02 Å². The summed E-state index contributed by atoms with van der Waals surface area (Å²) in [5.74, 6) is 0.767. The van der Waals surface area contributed by atoms with Crippen LogP contribution in [0.25, 0.3) is 22.1 Å². The van der Waals surface area contributed by atoms with E-state index < -0.39 is 24.3 Å². The number of amides is 4. The van der Waals surface area contributed by atoms with E-state index in [1.807, 2.05) is 32.6 Å². The number of carboxylic acid groups (broad SMARTS) is 1. The second kappa shape index (κ2) is 19.5. The number of rotatable bonds is 12. The maximum absolute atomic E-state index is 14.0. The summed E-state index contributed by atoms with van der Waals surface area (Å²) in [5, 5.41) is 13.3. The fourth-order valence-corrected chi connectivity index (χ4v) is 11.7. The van der Waals surface area contributed by atoms with E-state index in [2.05, 4.69) is 79.7 Å². The normalized spacial score (nSPS) is 21.9. The molecule has 4 N–H and O–H groups in total. The molecular formula is C51H65ClN10O6. The first-order chi connectivity index (χ1) is 32.7. The topological polar surface area (TPSA) is 183 Å². The molecule has 9 rings (SSSR count). The van der Waals surface area contributed by atoms with Gasteiger partial charge in [0.25, 0.3) is 0 Å². The van der Waals surface area contributed by atoms with E-state index in [-0.39, 0.29) is 47.8 Å². The Morgan fingerprint density at radius 1 is 0.721 bits per heavy atom. The second-order valence-electron chi connectivity index (χ2n) is 19.8. The Balaban J connectivity index is 1.03. The molecule has 6 heterocycles. The lowest BCUT2D eigenvalue weighted by Crippen LogP contribution is -2.51. The number of nitrogens with one attached hydrogen (secondary N) is 3. The zero-order valence-electron chi connectivity index (χ0n) is 40.0. The number of likely N-dealkylation sites (N-methyl/N-ethyl adjacent to an activating group) is 1.